The molecule has 0 bridgehead atoms. The van der Waals surface area contributed by atoms with Gasteiger partial charge >= 0.3 is 39.5 Å². The third kappa shape index (κ3) is 77.1. The molecule has 606 valence electrons. The summed E-state index contributed by atoms with van der Waals surface area (Å²) in [6, 6.07) is 0. The minimum Gasteiger partial charge on any atom is -0.462 e. The quantitative estimate of drug-likeness (QED) is 0.0169. The molecule has 0 aliphatic heterocycles. The van der Waals surface area contributed by atoms with E-state index in [1.807, 2.05) is 12.2 Å². The highest BCUT2D eigenvalue weighted by molar-refractivity contribution is 7.47. The van der Waals surface area contributed by atoms with E-state index >= 15 is 0 Å². The summed E-state index contributed by atoms with van der Waals surface area (Å²) in [6.45, 7) is 4.49. The molecule has 0 rings (SSSR count). The van der Waals surface area contributed by atoms with Crippen molar-refractivity contribution < 1.29 is 80.2 Å². The standard InChI is InChI=1S/C87H146O17P2/c1-5-9-13-17-21-25-29-33-37-39-40-42-46-48-52-56-60-64-68-72-85(90)98-78-83(104-87(92)74-70-66-62-58-54-50-44-36-32-28-24-20-16-12-8-4)80-102-106(95,96)100-76-81(88)75-99-105(93,94)101-79-82(103-86(91)73-69-65-61-57-53-49-43-35-31-27-23-19-15-11-7-3)77-97-84(89)71-67-63-59-55-51-47-45-41-38-34-30-26-22-18-14-10-6-2/h10,12,14,16,21-22,24-26,28,33-38,40,42-44,54,58,66,70,81-83,88H,5-9,11,13,15,17-20,23,27,29-32,39,41,45-53,55-57,59-65,67-69,71-80H2,1-4H3,(H,93,94)(H,95,96)/b14-10-,16-12-,25-21-,26-22-,28-24-,37-33-,38-34-,42-40-,43-35-,44-36-,58-54-,70-66-. The van der Waals surface area contributed by atoms with Gasteiger partial charge in [0, 0.05) is 19.3 Å². The zero-order valence-electron chi connectivity index (χ0n) is 66.3. The fourth-order valence-corrected chi connectivity index (χ4v) is 12.2. The van der Waals surface area contributed by atoms with Crippen molar-refractivity contribution in [3.8, 4) is 0 Å². The molecule has 0 aliphatic rings. The molecule has 0 heterocycles. The number of aliphatic hydroxyl groups is 1. The molecule has 0 aromatic rings. The summed E-state index contributed by atoms with van der Waals surface area (Å²) in [6.07, 6.45) is 89.9. The zero-order valence-corrected chi connectivity index (χ0v) is 68.1. The largest absolute Gasteiger partial charge is 0.472 e. The zero-order chi connectivity index (χ0) is 77.4. The molecule has 0 aliphatic carbocycles. The summed E-state index contributed by atoms with van der Waals surface area (Å²) >= 11 is 0. The van der Waals surface area contributed by atoms with E-state index in [1.165, 1.54) is 57.8 Å². The summed E-state index contributed by atoms with van der Waals surface area (Å²) in [5.41, 5.74) is 0. The van der Waals surface area contributed by atoms with Crippen LogP contribution in [0.15, 0.2) is 146 Å². The van der Waals surface area contributed by atoms with Crippen molar-refractivity contribution in [3.63, 3.8) is 0 Å². The van der Waals surface area contributed by atoms with Crippen molar-refractivity contribution in [3.05, 3.63) is 146 Å². The number of hydrogen-bond donors (Lipinski definition) is 3. The first-order valence-electron chi connectivity index (χ1n) is 41.1. The monoisotopic (exact) mass is 1530 g/mol. The Hall–Kier alpha value is -5.06. The molecule has 17 nitrogen and oxygen atoms in total. The molecule has 5 unspecified atom stereocenters. The second-order valence-electron chi connectivity index (χ2n) is 27.0. The average molecular weight is 1530 g/mol. The molecule has 0 radical (unpaired) electrons. The Morgan fingerprint density at radius 3 is 0.868 bits per heavy atom. The van der Waals surface area contributed by atoms with Gasteiger partial charge in [-0.15, -0.1) is 0 Å². The third-order valence-corrected chi connectivity index (χ3v) is 18.7. The average Bonchev–Trinajstić information content (AvgIpc) is 0.902. The van der Waals surface area contributed by atoms with Crippen LogP contribution in [-0.4, -0.2) is 96.7 Å². The van der Waals surface area contributed by atoms with E-state index in [-0.39, 0.29) is 25.7 Å². The predicted octanol–water partition coefficient (Wildman–Crippen LogP) is 24.2. The number of rotatable bonds is 76. The van der Waals surface area contributed by atoms with Crippen LogP contribution >= 0.6 is 15.6 Å². The van der Waals surface area contributed by atoms with Crippen molar-refractivity contribution in [1.82, 2.24) is 0 Å². The van der Waals surface area contributed by atoms with Gasteiger partial charge in [-0.1, -0.05) is 296 Å². The number of phosphoric ester groups is 2. The number of aliphatic hydroxyl groups excluding tert-OH is 1. The van der Waals surface area contributed by atoms with Gasteiger partial charge in [0.05, 0.1) is 32.8 Å². The lowest BCUT2D eigenvalue weighted by Crippen LogP contribution is -2.30. The van der Waals surface area contributed by atoms with Crippen LogP contribution in [0.5, 0.6) is 0 Å². The van der Waals surface area contributed by atoms with Gasteiger partial charge in [0.2, 0.25) is 0 Å². The third-order valence-electron chi connectivity index (χ3n) is 16.8. The molecule has 0 saturated carbocycles. The number of allylic oxidation sites excluding steroid dienone is 23. The number of ether oxygens (including phenoxy) is 4. The number of unbranched alkanes of at least 4 members (excludes halogenated alkanes) is 27. The Kier molecular flexibility index (Phi) is 74.3. The molecule has 3 N–H and O–H groups in total. The lowest BCUT2D eigenvalue weighted by Gasteiger charge is -2.21. The summed E-state index contributed by atoms with van der Waals surface area (Å²) < 4.78 is 68.5. The number of carbonyl (C=O) groups is 4. The minimum absolute atomic E-state index is 0.0773. The number of hydrogen-bond acceptors (Lipinski definition) is 15. The van der Waals surface area contributed by atoms with Crippen molar-refractivity contribution >= 4 is 39.5 Å². The Morgan fingerprint density at radius 2 is 0.528 bits per heavy atom. The summed E-state index contributed by atoms with van der Waals surface area (Å²) in [7, 11) is -10.0. The smallest absolute Gasteiger partial charge is 0.462 e. The maximum Gasteiger partial charge on any atom is 0.472 e. The Morgan fingerprint density at radius 1 is 0.283 bits per heavy atom. The van der Waals surface area contributed by atoms with E-state index in [2.05, 4.69) is 149 Å². The van der Waals surface area contributed by atoms with E-state index in [0.29, 0.717) is 25.7 Å². The fraction of sp³-hybridized carbons (Fsp3) is 0.678. The molecule has 0 fully saturated rings. The number of phosphoric acid groups is 2. The van der Waals surface area contributed by atoms with Crippen LogP contribution < -0.4 is 0 Å². The normalized spacial score (nSPS) is 14.6. The molecule has 5 atom stereocenters. The Balaban J connectivity index is 5.44. The second kappa shape index (κ2) is 78.1. The maximum absolute atomic E-state index is 13.1. The molecular weight excluding hydrogens is 1380 g/mol. The number of carbonyl (C=O) groups excluding carboxylic acids is 4. The predicted molar refractivity (Wildman–Crippen MR) is 436 cm³/mol. The van der Waals surface area contributed by atoms with Gasteiger partial charge in [0.15, 0.2) is 12.2 Å². The highest BCUT2D eigenvalue weighted by Crippen LogP contribution is 2.45. The lowest BCUT2D eigenvalue weighted by atomic mass is 10.1. The van der Waals surface area contributed by atoms with Gasteiger partial charge in [-0.05, 0) is 148 Å². The topological polar surface area (TPSA) is 237 Å². The van der Waals surface area contributed by atoms with E-state index in [9.17, 15) is 43.2 Å². The summed E-state index contributed by atoms with van der Waals surface area (Å²) in [4.78, 5) is 73.1. The van der Waals surface area contributed by atoms with Crippen LogP contribution in [0.4, 0.5) is 0 Å². The first-order valence-corrected chi connectivity index (χ1v) is 44.1. The van der Waals surface area contributed by atoms with Gasteiger partial charge in [-0.3, -0.25) is 37.3 Å². The molecule has 0 aromatic carbocycles. The Labute approximate surface area is 643 Å². The molecule has 0 saturated heterocycles. The van der Waals surface area contributed by atoms with Crippen molar-refractivity contribution in [1.29, 1.82) is 0 Å². The number of esters is 4. The summed E-state index contributed by atoms with van der Waals surface area (Å²) in [5, 5.41) is 10.7. The van der Waals surface area contributed by atoms with E-state index in [0.717, 1.165) is 186 Å². The van der Waals surface area contributed by atoms with Crippen LogP contribution in [0.2, 0.25) is 0 Å². The first kappa shape index (κ1) is 101. The van der Waals surface area contributed by atoms with Crippen LogP contribution in [0.3, 0.4) is 0 Å². The van der Waals surface area contributed by atoms with Crippen molar-refractivity contribution in [2.75, 3.05) is 39.6 Å². The lowest BCUT2D eigenvalue weighted by molar-refractivity contribution is -0.161. The molecular formula is C87H146O17P2. The highest BCUT2D eigenvalue weighted by atomic mass is 31.2. The molecule has 0 aromatic heterocycles. The maximum atomic E-state index is 13.1. The fourth-order valence-electron chi connectivity index (χ4n) is 10.6. The van der Waals surface area contributed by atoms with Gasteiger partial charge in [-0.2, -0.15) is 0 Å². The van der Waals surface area contributed by atoms with Crippen molar-refractivity contribution in [2.45, 2.75) is 341 Å². The highest BCUT2D eigenvalue weighted by Gasteiger charge is 2.30. The summed E-state index contributed by atoms with van der Waals surface area (Å²) in [5.74, 6) is -2.36. The minimum atomic E-state index is -5.01. The van der Waals surface area contributed by atoms with Gasteiger partial charge in [0.25, 0.3) is 0 Å². The van der Waals surface area contributed by atoms with Crippen molar-refractivity contribution in [2.24, 2.45) is 0 Å². The van der Waals surface area contributed by atoms with Crippen LogP contribution in [0.1, 0.15) is 323 Å². The Bertz CT molecular complexity index is 2580. The van der Waals surface area contributed by atoms with Crippen LogP contribution in [-0.2, 0) is 65.4 Å². The van der Waals surface area contributed by atoms with Crippen LogP contribution in [0.25, 0.3) is 0 Å². The van der Waals surface area contributed by atoms with E-state index < -0.39 is 97.5 Å². The second-order valence-corrected chi connectivity index (χ2v) is 29.9. The molecule has 106 heavy (non-hydrogen) atoms. The molecule has 19 heteroatoms. The van der Waals surface area contributed by atoms with Crippen LogP contribution in [0, 0.1) is 0 Å². The first-order chi connectivity index (χ1) is 51.7. The van der Waals surface area contributed by atoms with Gasteiger partial charge < -0.3 is 33.8 Å². The van der Waals surface area contributed by atoms with E-state index in [1.54, 1.807) is 12.2 Å². The molecule has 0 amide bonds. The van der Waals surface area contributed by atoms with Gasteiger partial charge in [0.1, 0.15) is 19.3 Å². The molecule has 0 spiro atoms. The SMILES string of the molecule is CC/C=C\C/C=C\C/C=C\C/C=C\C/C=C\CC(=O)OC(COC(=O)CCCCCCCC/C=C\C/C=C\C/C=C\CCCCC)COP(=O)(O)OCC(O)COP(=O)(O)OCC(COC(=O)CCCCCCCCC/C=C\C/C=C\C/C=C\CC)OC(=O)CCCCCCC/C=C\CCCCCCCC. The van der Waals surface area contributed by atoms with Gasteiger partial charge in [-0.25, -0.2) is 9.13 Å². The van der Waals surface area contributed by atoms with E-state index in [4.69, 9.17) is 37.0 Å².